The minimum atomic E-state index is 0.163. The number of H-pyrrole nitrogens is 1. The second kappa shape index (κ2) is 5.89. The summed E-state index contributed by atoms with van der Waals surface area (Å²) < 4.78 is 5.30. The number of aromatic nitrogens is 2. The molecule has 0 spiro atoms. The Hall–Kier alpha value is -1.52. The number of ether oxygens (including phenoxy) is 1. The second-order valence-electron chi connectivity index (χ2n) is 3.92. The van der Waals surface area contributed by atoms with E-state index in [-0.39, 0.29) is 6.61 Å². The molecule has 0 radical (unpaired) electrons. The van der Waals surface area contributed by atoms with Crippen LogP contribution in [0.1, 0.15) is 12.2 Å². The topological polar surface area (TPSA) is 58.1 Å². The monoisotopic (exact) mass is 266 g/mol. The highest BCUT2D eigenvalue weighted by Gasteiger charge is 2.09. The van der Waals surface area contributed by atoms with E-state index in [0.717, 1.165) is 29.3 Å². The van der Waals surface area contributed by atoms with Gasteiger partial charge in [0, 0.05) is 23.6 Å². The van der Waals surface area contributed by atoms with Crippen LogP contribution < -0.4 is 4.74 Å². The lowest BCUT2D eigenvalue weighted by Crippen LogP contribution is -1.92. The van der Waals surface area contributed by atoms with Crippen molar-refractivity contribution in [3.05, 3.63) is 35.2 Å². The average Bonchev–Trinajstić information content (AvgIpc) is 2.85. The molecule has 0 aliphatic rings. The van der Waals surface area contributed by atoms with Crippen LogP contribution in [0.25, 0.3) is 11.3 Å². The number of hydrogen-bond acceptors (Lipinski definition) is 3. The van der Waals surface area contributed by atoms with Crippen LogP contribution in [0.15, 0.2) is 24.4 Å². The Labute approximate surface area is 111 Å². The standard InChI is InChI=1S/C13H15ClN2O2/c1-18-12-5-4-9(14)7-10(12)11-8-15-13(16-11)3-2-6-17/h4-5,7-8,17H,2-3,6H2,1H3,(H,15,16). The van der Waals surface area contributed by atoms with Crippen molar-refractivity contribution >= 4 is 11.6 Å². The first-order valence-corrected chi connectivity index (χ1v) is 6.11. The van der Waals surface area contributed by atoms with Crippen LogP contribution in [0.3, 0.4) is 0 Å². The Morgan fingerprint density at radius 3 is 3.00 bits per heavy atom. The Bertz CT molecular complexity index is 525. The first-order chi connectivity index (χ1) is 8.74. The van der Waals surface area contributed by atoms with E-state index in [1.54, 1.807) is 19.4 Å². The van der Waals surface area contributed by atoms with Gasteiger partial charge in [0.15, 0.2) is 0 Å². The molecule has 2 N–H and O–H groups in total. The summed E-state index contributed by atoms with van der Waals surface area (Å²) in [7, 11) is 1.62. The number of aliphatic hydroxyl groups excluding tert-OH is 1. The van der Waals surface area contributed by atoms with Crippen molar-refractivity contribution in [1.82, 2.24) is 9.97 Å². The van der Waals surface area contributed by atoms with E-state index in [2.05, 4.69) is 9.97 Å². The van der Waals surface area contributed by atoms with Crippen molar-refractivity contribution in [1.29, 1.82) is 0 Å². The number of aliphatic hydroxyl groups is 1. The summed E-state index contributed by atoms with van der Waals surface area (Å²) in [5, 5.41) is 9.44. The van der Waals surface area contributed by atoms with Crippen LogP contribution >= 0.6 is 11.6 Å². The molecule has 0 fully saturated rings. The van der Waals surface area contributed by atoms with Gasteiger partial charge < -0.3 is 14.8 Å². The van der Waals surface area contributed by atoms with Gasteiger partial charge in [-0.2, -0.15) is 0 Å². The molecule has 0 unspecified atom stereocenters. The Morgan fingerprint density at radius 2 is 2.28 bits per heavy atom. The van der Waals surface area contributed by atoms with Crippen molar-refractivity contribution < 1.29 is 9.84 Å². The van der Waals surface area contributed by atoms with Crippen LogP contribution in [-0.4, -0.2) is 28.8 Å². The molecule has 2 rings (SSSR count). The quantitative estimate of drug-likeness (QED) is 0.875. The molecule has 0 bridgehead atoms. The lowest BCUT2D eigenvalue weighted by Gasteiger charge is -2.06. The number of hydrogen-bond donors (Lipinski definition) is 2. The van der Waals surface area contributed by atoms with Gasteiger partial charge in [-0.05, 0) is 24.6 Å². The van der Waals surface area contributed by atoms with Crippen LogP contribution in [0, 0.1) is 0 Å². The first kappa shape index (κ1) is 12.9. The van der Waals surface area contributed by atoms with Crippen LogP contribution in [-0.2, 0) is 6.42 Å². The molecule has 1 aromatic carbocycles. The van der Waals surface area contributed by atoms with Crippen molar-refractivity contribution in [2.24, 2.45) is 0 Å². The van der Waals surface area contributed by atoms with E-state index in [1.165, 1.54) is 0 Å². The summed E-state index contributed by atoms with van der Waals surface area (Å²) in [4.78, 5) is 7.48. The number of nitrogens with zero attached hydrogens (tertiary/aromatic N) is 1. The third kappa shape index (κ3) is 2.83. The molecule has 4 nitrogen and oxygen atoms in total. The molecule has 0 aliphatic carbocycles. The molecule has 0 atom stereocenters. The van der Waals surface area contributed by atoms with Gasteiger partial charge in [0.05, 0.1) is 19.0 Å². The number of aromatic amines is 1. The third-order valence-corrected chi connectivity index (χ3v) is 2.89. The Kier molecular flexibility index (Phi) is 4.23. The number of benzene rings is 1. The Morgan fingerprint density at radius 1 is 1.44 bits per heavy atom. The van der Waals surface area contributed by atoms with Gasteiger partial charge in [-0.15, -0.1) is 0 Å². The van der Waals surface area contributed by atoms with E-state index < -0.39 is 0 Å². The van der Waals surface area contributed by atoms with E-state index in [1.807, 2.05) is 12.1 Å². The van der Waals surface area contributed by atoms with Crippen molar-refractivity contribution in [2.75, 3.05) is 13.7 Å². The first-order valence-electron chi connectivity index (χ1n) is 5.73. The fourth-order valence-electron chi connectivity index (χ4n) is 1.76. The number of methoxy groups -OCH3 is 1. The van der Waals surface area contributed by atoms with E-state index >= 15 is 0 Å². The highest BCUT2D eigenvalue weighted by molar-refractivity contribution is 6.30. The molecule has 5 heteroatoms. The molecule has 0 aliphatic heterocycles. The highest BCUT2D eigenvalue weighted by Crippen LogP contribution is 2.31. The van der Waals surface area contributed by atoms with Gasteiger partial charge in [-0.25, -0.2) is 4.98 Å². The van der Waals surface area contributed by atoms with Gasteiger partial charge >= 0.3 is 0 Å². The van der Waals surface area contributed by atoms with Crippen molar-refractivity contribution in [3.8, 4) is 17.0 Å². The van der Waals surface area contributed by atoms with E-state index in [4.69, 9.17) is 21.4 Å². The third-order valence-electron chi connectivity index (χ3n) is 2.65. The molecule has 96 valence electrons. The fourth-order valence-corrected chi connectivity index (χ4v) is 1.94. The number of halogens is 1. The summed E-state index contributed by atoms with van der Waals surface area (Å²) in [5.41, 5.74) is 1.75. The van der Waals surface area contributed by atoms with Gasteiger partial charge in [-0.3, -0.25) is 0 Å². The molecule has 0 amide bonds. The summed E-state index contributed by atoms with van der Waals surface area (Å²) in [6.07, 6.45) is 3.17. The van der Waals surface area contributed by atoms with Gasteiger partial charge in [0.2, 0.25) is 0 Å². The van der Waals surface area contributed by atoms with E-state index in [0.29, 0.717) is 11.4 Å². The van der Waals surface area contributed by atoms with Gasteiger partial charge in [0.25, 0.3) is 0 Å². The molecular formula is C13H15ClN2O2. The number of aryl methyl sites for hydroxylation is 1. The fraction of sp³-hybridized carbons (Fsp3) is 0.308. The van der Waals surface area contributed by atoms with Gasteiger partial charge in [-0.1, -0.05) is 11.6 Å². The maximum absolute atomic E-state index is 8.79. The van der Waals surface area contributed by atoms with E-state index in [9.17, 15) is 0 Å². The molecule has 18 heavy (non-hydrogen) atoms. The largest absolute Gasteiger partial charge is 0.496 e. The molecule has 1 aromatic heterocycles. The maximum Gasteiger partial charge on any atom is 0.128 e. The summed E-state index contributed by atoms with van der Waals surface area (Å²) in [6.45, 7) is 0.163. The molecule has 0 saturated heterocycles. The minimum Gasteiger partial charge on any atom is -0.496 e. The van der Waals surface area contributed by atoms with Crippen LogP contribution in [0.5, 0.6) is 5.75 Å². The van der Waals surface area contributed by atoms with Gasteiger partial charge in [0.1, 0.15) is 11.6 Å². The summed E-state index contributed by atoms with van der Waals surface area (Å²) >= 11 is 5.99. The zero-order valence-corrected chi connectivity index (χ0v) is 10.9. The lowest BCUT2D eigenvalue weighted by molar-refractivity contribution is 0.287. The van der Waals surface area contributed by atoms with Crippen molar-refractivity contribution in [2.45, 2.75) is 12.8 Å². The second-order valence-corrected chi connectivity index (χ2v) is 4.35. The normalized spacial score (nSPS) is 10.6. The highest BCUT2D eigenvalue weighted by atomic mass is 35.5. The zero-order valence-electron chi connectivity index (χ0n) is 10.1. The molecule has 1 heterocycles. The SMILES string of the molecule is COc1ccc(Cl)cc1-c1cnc(CCCO)[nH]1. The molecule has 2 aromatic rings. The number of rotatable bonds is 5. The minimum absolute atomic E-state index is 0.163. The zero-order chi connectivity index (χ0) is 13.0. The number of imidazole rings is 1. The molecule has 0 saturated carbocycles. The average molecular weight is 267 g/mol. The predicted octanol–water partition coefficient (Wildman–Crippen LogP) is 2.66. The lowest BCUT2D eigenvalue weighted by atomic mass is 10.1. The number of nitrogens with one attached hydrogen (secondary N) is 1. The van der Waals surface area contributed by atoms with Crippen LogP contribution in [0.4, 0.5) is 0 Å². The van der Waals surface area contributed by atoms with Crippen molar-refractivity contribution in [3.63, 3.8) is 0 Å². The summed E-state index contributed by atoms with van der Waals surface area (Å²) in [6, 6.07) is 5.45. The van der Waals surface area contributed by atoms with Crippen LogP contribution in [0.2, 0.25) is 5.02 Å². The maximum atomic E-state index is 8.79. The summed E-state index contributed by atoms with van der Waals surface area (Å²) in [5.74, 6) is 1.60. The smallest absolute Gasteiger partial charge is 0.128 e. The predicted molar refractivity (Wildman–Crippen MR) is 71.0 cm³/mol. The Balaban J connectivity index is 2.30. The molecular weight excluding hydrogens is 252 g/mol.